The summed E-state index contributed by atoms with van der Waals surface area (Å²) in [7, 11) is 0. The van der Waals surface area contributed by atoms with Crippen molar-refractivity contribution in [2.24, 2.45) is 0 Å². The fraction of sp³-hybridized carbons (Fsp3) is 0.500. The number of carbonyl (C=O) groups is 3. The van der Waals surface area contributed by atoms with Gasteiger partial charge in [0.05, 0.1) is 19.3 Å². The van der Waals surface area contributed by atoms with Gasteiger partial charge in [-0.05, 0) is 38.3 Å². The van der Waals surface area contributed by atoms with Gasteiger partial charge >= 0.3 is 11.9 Å². The van der Waals surface area contributed by atoms with E-state index >= 15 is 0 Å². The van der Waals surface area contributed by atoms with E-state index in [0.29, 0.717) is 18.4 Å². The molecule has 1 amide bonds. The van der Waals surface area contributed by atoms with Crippen LogP contribution in [0.3, 0.4) is 0 Å². The minimum absolute atomic E-state index is 0.0503. The van der Waals surface area contributed by atoms with Crippen molar-refractivity contribution >= 4 is 17.8 Å². The molecule has 0 fully saturated rings. The summed E-state index contributed by atoms with van der Waals surface area (Å²) in [4.78, 5) is 37.3. The molecule has 0 atom stereocenters. The third-order valence-corrected chi connectivity index (χ3v) is 3.96. The molecule has 146 valence electrons. The summed E-state index contributed by atoms with van der Waals surface area (Å²) in [5, 5.41) is 11.3. The molecule has 0 saturated heterocycles. The predicted molar refractivity (Wildman–Crippen MR) is 98.6 cm³/mol. The van der Waals surface area contributed by atoms with Gasteiger partial charge < -0.3 is 14.8 Å². The summed E-state index contributed by atoms with van der Waals surface area (Å²) in [5.41, 5.74) is 0.452. The van der Waals surface area contributed by atoms with E-state index in [4.69, 9.17) is 14.7 Å². The second-order valence-corrected chi connectivity index (χ2v) is 6.13. The molecule has 7 nitrogen and oxygen atoms in total. The Balaban J connectivity index is 3.48. The zero-order chi connectivity index (χ0) is 20.4. The molecule has 0 heterocycles. The number of ether oxygens (including phenoxy) is 2. The van der Waals surface area contributed by atoms with Gasteiger partial charge in [-0.15, -0.1) is 0 Å². The Kier molecular flexibility index (Phi) is 8.46. The van der Waals surface area contributed by atoms with Crippen LogP contribution in [0.2, 0.25) is 0 Å². The van der Waals surface area contributed by atoms with Crippen LogP contribution in [0.1, 0.15) is 43.9 Å². The third kappa shape index (κ3) is 5.81. The molecule has 1 aromatic rings. The summed E-state index contributed by atoms with van der Waals surface area (Å²) in [5.74, 6) is -2.29. The van der Waals surface area contributed by atoms with Crippen LogP contribution in [0.15, 0.2) is 18.2 Å². The molecule has 0 spiro atoms. The van der Waals surface area contributed by atoms with E-state index in [1.807, 2.05) is 25.1 Å². The standard InChI is InChI=1S/C20H26N2O5/c1-5-26-18(24)20(22-15(4)23,19(25)27-6-2)13-17-12-14(3)9-10-16(17)8-7-11-21/h9-10,12H,5-8,13H2,1-4H3,(H,22,23). The molecule has 0 aliphatic carbocycles. The Morgan fingerprint density at radius 2 is 1.70 bits per heavy atom. The van der Waals surface area contributed by atoms with Gasteiger partial charge in [0.1, 0.15) is 0 Å². The number of nitrogens with zero attached hydrogens (tertiary/aromatic N) is 1. The monoisotopic (exact) mass is 374 g/mol. The van der Waals surface area contributed by atoms with Gasteiger partial charge in [0.15, 0.2) is 0 Å². The third-order valence-electron chi connectivity index (χ3n) is 3.96. The first-order valence-corrected chi connectivity index (χ1v) is 8.89. The van der Waals surface area contributed by atoms with Gasteiger partial charge in [0.25, 0.3) is 0 Å². The van der Waals surface area contributed by atoms with Gasteiger partial charge in [-0.3, -0.25) is 4.79 Å². The number of rotatable bonds is 9. The average molecular weight is 374 g/mol. The van der Waals surface area contributed by atoms with Crippen molar-refractivity contribution in [2.75, 3.05) is 13.2 Å². The van der Waals surface area contributed by atoms with E-state index in [2.05, 4.69) is 11.4 Å². The lowest BCUT2D eigenvalue weighted by atomic mass is 9.86. The highest BCUT2D eigenvalue weighted by Gasteiger charge is 2.50. The molecule has 0 radical (unpaired) electrons. The summed E-state index contributed by atoms with van der Waals surface area (Å²) in [6.45, 7) is 6.44. The molecule has 0 saturated carbocycles. The number of amides is 1. The quantitative estimate of drug-likeness (QED) is 0.523. The summed E-state index contributed by atoms with van der Waals surface area (Å²) < 4.78 is 10.2. The van der Waals surface area contributed by atoms with Crippen LogP contribution in [0.25, 0.3) is 0 Å². The summed E-state index contributed by atoms with van der Waals surface area (Å²) in [6, 6.07) is 7.67. The van der Waals surface area contributed by atoms with Gasteiger partial charge in [-0.2, -0.15) is 5.26 Å². The zero-order valence-electron chi connectivity index (χ0n) is 16.3. The van der Waals surface area contributed by atoms with Crippen LogP contribution in [0.4, 0.5) is 0 Å². The maximum Gasteiger partial charge on any atom is 0.344 e. The topological polar surface area (TPSA) is 105 Å². The lowest BCUT2D eigenvalue weighted by Crippen LogP contribution is -2.62. The second-order valence-electron chi connectivity index (χ2n) is 6.13. The van der Waals surface area contributed by atoms with Crippen LogP contribution >= 0.6 is 0 Å². The molecular formula is C20H26N2O5. The minimum Gasteiger partial charge on any atom is -0.464 e. The SMILES string of the molecule is CCOC(=O)C(Cc1cc(C)ccc1CCC#N)(NC(C)=O)C(=O)OCC. The summed E-state index contributed by atoms with van der Waals surface area (Å²) >= 11 is 0. The number of aryl methyl sites for hydroxylation is 2. The highest BCUT2D eigenvalue weighted by atomic mass is 16.6. The van der Waals surface area contributed by atoms with E-state index in [1.54, 1.807) is 13.8 Å². The van der Waals surface area contributed by atoms with Crippen molar-refractivity contribution in [2.45, 2.75) is 52.5 Å². The van der Waals surface area contributed by atoms with Crippen molar-refractivity contribution in [1.29, 1.82) is 5.26 Å². The van der Waals surface area contributed by atoms with Crippen LogP contribution in [0, 0.1) is 18.3 Å². The van der Waals surface area contributed by atoms with Crippen LogP contribution in [-0.4, -0.2) is 36.6 Å². The molecule has 1 N–H and O–H groups in total. The van der Waals surface area contributed by atoms with Crippen molar-refractivity contribution in [1.82, 2.24) is 5.32 Å². The van der Waals surface area contributed by atoms with Gasteiger partial charge in [-0.1, -0.05) is 23.8 Å². The Bertz CT molecular complexity index is 718. The fourth-order valence-electron chi connectivity index (χ4n) is 2.82. The fourth-order valence-corrected chi connectivity index (χ4v) is 2.82. The van der Waals surface area contributed by atoms with E-state index in [0.717, 1.165) is 11.1 Å². The smallest absolute Gasteiger partial charge is 0.344 e. The largest absolute Gasteiger partial charge is 0.464 e. The molecule has 1 rings (SSSR count). The van der Waals surface area contributed by atoms with Crippen molar-refractivity contribution in [3.05, 3.63) is 34.9 Å². The molecule has 0 aromatic heterocycles. The lowest BCUT2D eigenvalue weighted by Gasteiger charge is -2.30. The molecule has 0 unspecified atom stereocenters. The Morgan fingerprint density at radius 1 is 1.11 bits per heavy atom. The number of hydrogen-bond acceptors (Lipinski definition) is 6. The molecule has 7 heteroatoms. The number of esters is 2. The Hall–Kier alpha value is -2.88. The maximum absolute atomic E-state index is 12.7. The van der Waals surface area contributed by atoms with Crippen molar-refractivity contribution in [3.63, 3.8) is 0 Å². The molecule has 27 heavy (non-hydrogen) atoms. The molecule has 0 bridgehead atoms. The first-order valence-electron chi connectivity index (χ1n) is 8.89. The zero-order valence-corrected chi connectivity index (χ0v) is 16.3. The van der Waals surface area contributed by atoms with E-state index < -0.39 is 23.4 Å². The maximum atomic E-state index is 12.7. The molecule has 0 aliphatic heterocycles. The highest BCUT2D eigenvalue weighted by molar-refractivity contribution is 6.08. The van der Waals surface area contributed by atoms with E-state index in [1.165, 1.54) is 6.92 Å². The number of benzene rings is 1. The van der Waals surface area contributed by atoms with Gasteiger partial charge in [0.2, 0.25) is 11.4 Å². The first-order chi connectivity index (χ1) is 12.8. The Labute approximate surface area is 159 Å². The Morgan fingerprint density at radius 3 is 2.19 bits per heavy atom. The summed E-state index contributed by atoms with van der Waals surface area (Å²) in [6.07, 6.45) is 0.641. The number of nitrogens with one attached hydrogen (secondary N) is 1. The average Bonchev–Trinajstić information content (AvgIpc) is 2.60. The molecule has 1 aromatic carbocycles. The number of carbonyl (C=O) groups excluding carboxylic acids is 3. The highest BCUT2D eigenvalue weighted by Crippen LogP contribution is 2.23. The minimum atomic E-state index is -1.98. The van der Waals surface area contributed by atoms with E-state index in [-0.39, 0.29) is 19.6 Å². The van der Waals surface area contributed by atoms with Crippen molar-refractivity contribution < 1.29 is 23.9 Å². The van der Waals surface area contributed by atoms with Gasteiger partial charge in [-0.25, -0.2) is 9.59 Å². The van der Waals surface area contributed by atoms with Crippen molar-refractivity contribution in [3.8, 4) is 6.07 Å². The van der Waals surface area contributed by atoms with Crippen LogP contribution in [-0.2, 0) is 36.7 Å². The second kappa shape index (κ2) is 10.3. The van der Waals surface area contributed by atoms with Crippen LogP contribution in [0.5, 0.6) is 0 Å². The molecule has 0 aliphatic rings. The number of hydrogen-bond donors (Lipinski definition) is 1. The van der Waals surface area contributed by atoms with E-state index in [9.17, 15) is 14.4 Å². The predicted octanol–water partition coefficient (Wildman–Crippen LogP) is 1.99. The first kappa shape index (κ1) is 22.2. The van der Waals surface area contributed by atoms with Gasteiger partial charge in [0, 0.05) is 19.8 Å². The number of nitriles is 1. The van der Waals surface area contributed by atoms with Crippen LogP contribution < -0.4 is 5.32 Å². The normalized spacial score (nSPS) is 10.6. The lowest BCUT2D eigenvalue weighted by molar-refractivity contribution is -0.168. The molecular weight excluding hydrogens is 348 g/mol.